The van der Waals surface area contributed by atoms with E-state index in [1.807, 2.05) is 42.5 Å². The van der Waals surface area contributed by atoms with Crippen molar-refractivity contribution in [3.8, 4) is 17.2 Å². The molecule has 0 saturated carbocycles. The van der Waals surface area contributed by atoms with Crippen LogP contribution < -0.4 is 19.5 Å². The monoisotopic (exact) mass is 427 g/mol. The summed E-state index contributed by atoms with van der Waals surface area (Å²) in [7, 11) is 3.11. The first-order valence-corrected chi connectivity index (χ1v) is 9.58. The first-order valence-electron chi connectivity index (χ1n) is 9.20. The van der Waals surface area contributed by atoms with Crippen LogP contribution in [0.2, 0.25) is 5.02 Å². The number of rotatable bonds is 9. The van der Waals surface area contributed by atoms with Gasteiger partial charge in [0.05, 0.1) is 25.5 Å². The number of anilines is 1. The van der Waals surface area contributed by atoms with Gasteiger partial charge in [0, 0.05) is 22.7 Å². The lowest BCUT2D eigenvalue weighted by Crippen LogP contribution is -2.07. The summed E-state index contributed by atoms with van der Waals surface area (Å²) in [5.74, 6) is 0.709. The van der Waals surface area contributed by atoms with E-state index in [-0.39, 0.29) is 12.2 Å². The standard InChI is InChI=1S/C23H22ClNO5/c1-28-20-11-10-15(23(26)27)12-19(20)25-13-16-7-5-9-21(29-2)22(16)30-14-17-6-3-4-8-18(17)24/h3-12,25H,13-14H2,1-2H3,(H,26,27). The molecule has 3 aromatic carbocycles. The molecule has 0 aromatic heterocycles. The number of ether oxygens (including phenoxy) is 3. The lowest BCUT2D eigenvalue weighted by molar-refractivity contribution is 0.0697. The van der Waals surface area contributed by atoms with Crippen molar-refractivity contribution in [3.05, 3.63) is 82.4 Å². The largest absolute Gasteiger partial charge is 0.495 e. The molecule has 0 heterocycles. The molecule has 0 spiro atoms. The van der Waals surface area contributed by atoms with E-state index in [2.05, 4.69) is 5.32 Å². The minimum Gasteiger partial charge on any atom is -0.495 e. The van der Waals surface area contributed by atoms with Gasteiger partial charge < -0.3 is 24.6 Å². The Morgan fingerprint density at radius 1 is 0.967 bits per heavy atom. The third-order valence-corrected chi connectivity index (χ3v) is 4.89. The number of hydrogen-bond donors (Lipinski definition) is 2. The van der Waals surface area contributed by atoms with Crippen molar-refractivity contribution in [2.24, 2.45) is 0 Å². The van der Waals surface area contributed by atoms with E-state index in [0.29, 0.717) is 34.5 Å². The molecule has 0 aliphatic heterocycles. The van der Waals surface area contributed by atoms with Gasteiger partial charge in [0.2, 0.25) is 0 Å². The maximum absolute atomic E-state index is 11.3. The molecule has 3 aromatic rings. The zero-order valence-corrected chi connectivity index (χ0v) is 17.4. The van der Waals surface area contributed by atoms with Crippen LogP contribution in [0.5, 0.6) is 17.2 Å². The van der Waals surface area contributed by atoms with E-state index in [9.17, 15) is 9.90 Å². The van der Waals surface area contributed by atoms with Crippen LogP contribution in [0.4, 0.5) is 5.69 Å². The molecule has 0 amide bonds. The van der Waals surface area contributed by atoms with Crippen LogP contribution in [-0.2, 0) is 13.2 Å². The minimum atomic E-state index is -1.01. The second-order valence-electron chi connectivity index (χ2n) is 6.40. The molecule has 0 aliphatic rings. The molecule has 7 heteroatoms. The number of methoxy groups -OCH3 is 2. The van der Waals surface area contributed by atoms with Crippen molar-refractivity contribution in [3.63, 3.8) is 0 Å². The third-order valence-electron chi connectivity index (χ3n) is 4.53. The predicted molar refractivity (Wildman–Crippen MR) is 116 cm³/mol. The number of para-hydroxylation sites is 1. The molecular weight excluding hydrogens is 406 g/mol. The van der Waals surface area contributed by atoms with Gasteiger partial charge in [0.15, 0.2) is 11.5 Å². The fourth-order valence-corrected chi connectivity index (χ4v) is 3.15. The second kappa shape index (κ2) is 9.89. The van der Waals surface area contributed by atoms with Crippen LogP contribution in [0.3, 0.4) is 0 Å². The highest BCUT2D eigenvalue weighted by Crippen LogP contribution is 2.34. The molecule has 0 bridgehead atoms. The van der Waals surface area contributed by atoms with Crippen molar-refractivity contribution in [1.29, 1.82) is 0 Å². The summed E-state index contributed by atoms with van der Waals surface area (Å²) in [5, 5.41) is 13.1. The van der Waals surface area contributed by atoms with Crippen molar-refractivity contribution in [2.45, 2.75) is 13.2 Å². The van der Waals surface area contributed by atoms with Crippen molar-refractivity contribution in [2.75, 3.05) is 19.5 Å². The molecule has 6 nitrogen and oxygen atoms in total. The average molecular weight is 428 g/mol. The Balaban J connectivity index is 1.84. The van der Waals surface area contributed by atoms with Crippen LogP contribution in [-0.4, -0.2) is 25.3 Å². The summed E-state index contributed by atoms with van der Waals surface area (Å²) in [6.07, 6.45) is 0. The minimum absolute atomic E-state index is 0.166. The molecule has 3 rings (SSSR count). The molecule has 0 saturated heterocycles. The topological polar surface area (TPSA) is 77.0 Å². The summed E-state index contributed by atoms with van der Waals surface area (Å²) < 4.78 is 16.9. The summed E-state index contributed by atoms with van der Waals surface area (Å²) in [4.78, 5) is 11.3. The lowest BCUT2D eigenvalue weighted by atomic mass is 10.1. The summed E-state index contributed by atoms with van der Waals surface area (Å²) >= 11 is 6.23. The highest BCUT2D eigenvalue weighted by atomic mass is 35.5. The second-order valence-corrected chi connectivity index (χ2v) is 6.81. The zero-order chi connectivity index (χ0) is 21.5. The molecule has 0 unspecified atom stereocenters. The van der Waals surface area contributed by atoms with Crippen molar-refractivity contribution >= 4 is 23.3 Å². The van der Waals surface area contributed by atoms with E-state index < -0.39 is 5.97 Å². The number of halogens is 1. The number of nitrogens with one attached hydrogen (secondary N) is 1. The Labute approximate surface area is 180 Å². The summed E-state index contributed by atoms with van der Waals surface area (Å²) in [6, 6.07) is 17.7. The Kier molecular flexibility index (Phi) is 7.03. The Morgan fingerprint density at radius 3 is 2.40 bits per heavy atom. The van der Waals surface area contributed by atoms with Crippen molar-refractivity contribution < 1.29 is 24.1 Å². The third kappa shape index (κ3) is 4.96. The molecule has 0 aliphatic carbocycles. The summed E-state index contributed by atoms with van der Waals surface area (Å²) in [6.45, 7) is 0.652. The molecule has 0 fully saturated rings. The Hall–Kier alpha value is -3.38. The maximum Gasteiger partial charge on any atom is 0.335 e. The molecule has 0 atom stereocenters. The highest BCUT2D eigenvalue weighted by molar-refractivity contribution is 6.31. The normalized spacial score (nSPS) is 10.4. The molecule has 156 valence electrons. The molecule has 30 heavy (non-hydrogen) atoms. The lowest BCUT2D eigenvalue weighted by Gasteiger charge is -2.17. The molecule has 2 N–H and O–H groups in total. The van der Waals surface area contributed by atoms with Crippen LogP contribution in [0.15, 0.2) is 60.7 Å². The van der Waals surface area contributed by atoms with Crippen LogP contribution in [0, 0.1) is 0 Å². The van der Waals surface area contributed by atoms with Gasteiger partial charge in [0.1, 0.15) is 12.4 Å². The van der Waals surface area contributed by atoms with Crippen LogP contribution in [0.25, 0.3) is 0 Å². The van der Waals surface area contributed by atoms with Gasteiger partial charge in [-0.2, -0.15) is 0 Å². The van der Waals surface area contributed by atoms with Gasteiger partial charge >= 0.3 is 5.97 Å². The maximum atomic E-state index is 11.3. The van der Waals surface area contributed by atoms with Gasteiger partial charge in [-0.3, -0.25) is 0 Å². The number of carboxylic acid groups (broad SMARTS) is 1. The van der Waals surface area contributed by atoms with Crippen LogP contribution >= 0.6 is 11.6 Å². The average Bonchev–Trinajstić information content (AvgIpc) is 2.76. The predicted octanol–water partition coefficient (Wildman–Crippen LogP) is 5.25. The SMILES string of the molecule is COc1ccc(C(=O)O)cc1NCc1cccc(OC)c1OCc1ccccc1Cl. The van der Waals surface area contributed by atoms with Crippen molar-refractivity contribution in [1.82, 2.24) is 0 Å². The zero-order valence-electron chi connectivity index (χ0n) is 16.6. The number of carboxylic acids is 1. The van der Waals surface area contributed by atoms with Gasteiger partial charge in [-0.1, -0.05) is 41.9 Å². The van der Waals surface area contributed by atoms with E-state index in [1.54, 1.807) is 13.2 Å². The van der Waals surface area contributed by atoms with Gasteiger partial charge in [-0.25, -0.2) is 4.79 Å². The number of aromatic carboxylic acids is 1. The Bertz CT molecular complexity index is 1040. The molecular formula is C23H22ClNO5. The summed E-state index contributed by atoms with van der Waals surface area (Å²) in [5.41, 5.74) is 2.43. The fourth-order valence-electron chi connectivity index (χ4n) is 2.96. The van der Waals surface area contributed by atoms with E-state index in [0.717, 1.165) is 11.1 Å². The first-order chi connectivity index (χ1) is 14.5. The highest BCUT2D eigenvalue weighted by Gasteiger charge is 2.14. The molecule has 0 radical (unpaired) electrons. The van der Waals surface area contributed by atoms with Gasteiger partial charge in [-0.15, -0.1) is 0 Å². The fraction of sp³-hybridized carbons (Fsp3) is 0.174. The Morgan fingerprint density at radius 2 is 1.70 bits per heavy atom. The number of benzene rings is 3. The van der Waals surface area contributed by atoms with Gasteiger partial charge in [-0.05, 0) is 30.3 Å². The van der Waals surface area contributed by atoms with E-state index in [4.69, 9.17) is 25.8 Å². The van der Waals surface area contributed by atoms with E-state index in [1.165, 1.54) is 19.2 Å². The van der Waals surface area contributed by atoms with Crippen LogP contribution in [0.1, 0.15) is 21.5 Å². The van der Waals surface area contributed by atoms with Gasteiger partial charge in [0.25, 0.3) is 0 Å². The number of carbonyl (C=O) groups is 1. The quantitative estimate of drug-likeness (QED) is 0.486. The van der Waals surface area contributed by atoms with E-state index >= 15 is 0 Å². The first kappa shape index (κ1) is 21.3. The number of hydrogen-bond acceptors (Lipinski definition) is 5. The smallest absolute Gasteiger partial charge is 0.335 e.